The zero-order valence-electron chi connectivity index (χ0n) is 22.6. The molecule has 0 atom stereocenters. The molecule has 1 aliphatic rings. The Bertz CT molecular complexity index is 1480. The van der Waals surface area contributed by atoms with Gasteiger partial charge in [-0.3, -0.25) is 9.69 Å². The molecule has 0 saturated carbocycles. The first kappa shape index (κ1) is 25.8. The monoisotopic (exact) mass is 500 g/mol. The summed E-state index contributed by atoms with van der Waals surface area (Å²) in [4.78, 5) is 28.2. The Kier molecular flexibility index (Phi) is 6.99. The maximum absolute atomic E-state index is 13.8. The van der Waals surface area contributed by atoms with Crippen molar-refractivity contribution >= 4 is 23.6 Å². The Morgan fingerprint density at radius 1 is 0.811 bits per heavy atom. The van der Waals surface area contributed by atoms with Gasteiger partial charge in [0, 0.05) is 28.8 Å². The number of anilines is 1. The number of nitrogens with zero attached hydrogens (tertiary/aromatic N) is 2. The van der Waals surface area contributed by atoms with E-state index in [0.717, 1.165) is 22.6 Å². The summed E-state index contributed by atoms with van der Waals surface area (Å²) < 4.78 is 18.0. The number of carbonyl (C=O) groups is 2. The summed E-state index contributed by atoms with van der Waals surface area (Å²) in [5, 5.41) is 0. The minimum Gasteiger partial charge on any atom is -0.493 e. The van der Waals surface area contributed by atoms with Gasteiger partial charge in [-0.05, 0) is 87.7 Å². The van der Waals surface area contributed by atoms with Crippen LogP contribution in [-0.2, 0) is 14.3 Å². The van der Waals surface area contributed by atoms with Crippen LogP contribution in [0.15, 0.2) is 59.3 Å². The van der Waals surface area contributed by atoms with E-state index >= 15 is 0 Å². The highest BCUT2D eigenvalue weighted by molar-refractivity contribution is 6.24. The molecule has 192 valence electrons. The molecular weight excluding hydrogens is 468 g/mol. The molecule has 0 bridgehead atoms. The number of amides is 1. The Balaban J connectivity index is 1.84. The number of methoxy groups -OCH3 is 3. The highest BCUT2D eigenvalue weighted by Gasteiger charge is 2.38. The molecule has 0 aliphatic carbocycles. The van der Waals surface area contributed by atoms with E-state index in [1.807, 2.05) is 19.9 Å². The molecule has 2 aromatic carbocycles. The molecule has 37 heavy (non-hydrogen) atoms. The number of ether oxygens (including phenoxy) is 3. The normalized spacial score (nSPS) is 14.5. The van der Waals surface area contributed by atoms with E-state index in [1.165, 1.54) is 30.2 Å². The van der Waals surface area contributed by atoms with Crippen LogP contribution in [-0.4, -0.2) is 37.8 Å². The third-order valence-corrected chi connectivity index (χ3v) is 6.93. The van der Waals surface area contributed by atoms with Crippen LogP contribution in [0.3, 0.4) is 0 Å². The van der Waals surface area contributed by atoms with Crippen molar-refractivity contribution in [3.8, 4) is 17.2 Å². The topological polar surface area (TPSA) is 70.0 Å². The van der Waals surface area contributed by atoms with Crippen LogP contribution >= 0.6 is 0 Å². The molecule has 1 aliphatic heterocycles. The molecule has 3 aromatic rings. The van der Waals surface area contributed by atoms with Crippen molar-refractivity contribution in [3.63, 3.8) is 0 Å². The molecule has 7 nitrogen and oxygen atoms in total. The van der Waals surface area contributed by atoms with E-state index in [0.29, 0.717) is 22.9 Å². The molecule has 0 N–H and O–H groups in total. The lowest BCUT2D eigenvalue weighted by Gasteiger charge is -2.19. The summed E-state index contributed by atoms with van der Waals surface area (Å²) in [5.74, 6) is 0.140. The van der Waals surface area contributed by atoms with Crippen molar-refractivity contribution in [1.82, 2.24) is 4.57 Å². The van der Waals surface area contributed by atoms with Crippen LogP contribution in [0.1, 0.15) is 35.0 Å². The van der Waals surface area contributed by atoms with Gasteiger partial charge >= 0.3 is 5.97 Å². The second-order valence-corrected chi connectivity index (χ2v) is 9.12. The first-order valence-electron chi connectivity index (χ1n) is 12.0. The fourth-order valence-electron chi connectivity index (χ4n) is 4.81. The summed E-state index contributed by atoms with van der Waals surface area (Å²) in [6.07, 6.45) is 1.78. The van der Waals surface area contributed by atoms with Gasteiger partial charge in [0.25, 0.3) is 5.91 Å². The van der Waals surface area contributed by atoms with Crippen molar-refractivity contribution in [3.05, 3.63) is 87.4 Å². The van der Waals surface area contributed by atoms with Crippen LogP contribution in [0.5, 0.6) is 11.5 Å². The quantitative estimate of drug-likeness (QED) is 0.325. The van der Waals surface area contributed by atoms with Gasteiger partial charge in [0.1, 0.15) is 0 Å². The first-order chi connectivity index (χ1) is 17.6. The second-order valence-electron chi connectivity index (χ2n) is 9.12. The number of rotatable bonds is 6. The summed E-state index contributed by atoms with van der Waals surface area (Å²) in [6, 6.07) is 13.6. The van der Waals surface area contributed by atoms with Gasteiger partial charge < -0.3 is 18.8 Å². The van der Waals surface area contributed by atoms with Crippen LogP contribution in [0.4, 0.5) is 5.69 Å². The lowest BCUT2D eigenvalue weighted by atomic mass is 10.0. The molecule has 0 unspecified atom stereocenters. The van der Waals surface area contributed by atoms with E-state index in [4.69, 9.17) is 14.2 Å². The summed E-state index contributed by atoms with van der Waals surface area (Å²) >= 11 is 0. The lowest BCUT2D eigenvalue weighted by Crippen LogP contribution is -2.24. The molecule has 0 radical (unpaired) electrons. The molecule has 2 heterocycles. The minimum absolute atomic E-state index is 0.235. The Morgan fingerprint density at radius 2 is 1.49 bits per heavy atom. The smallest absolute Gasteiger partial charge is 0.340 e. The number of hydrogen-bond acceptors (Lipinski definition) is 5. The predicted molar refractivity (Wildman–Crippen MR) is 144 cm³/mol. The Labute approximate surface area is 217 Å². The van der Waals surface area contributed by atoms with Crippen molar-refractivity contribution < 1.29 is 23.8 Å². The van der Waals surface area contributed by atoms with Gasteiger partial charge in [-0.2, -0.15) is 0 Å². The van der Waals surface area contributed by atoms with Crippen LogP contribution in [0.2, 0.25) is 0 Å². The van der Waals surface area contributed by atoms with E-state index < -0.39 is 5.97 Å². The fourth-order valence-corrected chi connectivity index (χ4v) is 4.81. The number of benzene rings is 2. The summed E-state index contributed by atoms with van der Waals surface area (Å²) in [5.41, 5.74) is 7.87. The zero-order chi connectivity index (χ0) is 27.0. The number of aryl methyl sites for hydroxylation is 3. The molecule has 7 heteroatoms. The van der Waals surface area contributed by atoms with Crippen LogP contribution < -0.4 is 14.4 Å². The Hall–Kier alpha value is -4.26. The van der Waals surface area contributed by atoms with Crippen molar-refractivity contribution in [2.45, 2.75) is 34.6 Å². The third-order valence-electron chi connectivity index (χ3n) is 6.93. The largest absolute Gasteiger partial charge is 0.493 e. The van der Waals surface area contributed by atoms with E-state index in [-0.39, 0.29) is 17.1 Å². The maximum Gasteiger partial charge on any atom is 0.340 e. The number of esters is 1. The molecule has 0 saturated heterocycles. The van der Waals surface area contributed by atoms with Crippen molar-refractivity contribution in [2.24, 2.45) is 0 Å². The van der Waals surface area contributed by atoms with Gasteiger partial charge in [-0.25, -0.2) is 4.79 Å². The van der Waals surface area contributed by atoms with E-state index in [1.54, 1.807) is 38.3 Å². The standard InChI is InChI=1S/C30H32N2O5/c1-17-9-10-23(13-18(17)2)31-19(3)14-22(20(31)4)15-25-28(30(34)37-8)21(5)32(29(25)33)24-11-12-26(35-6)27(16-24)36-7/h9-16H,1-8H3/b25-15-. The van der Waals surface area contributed by atoms with Gasteiger partial charge in [0.05, 0.1) is 38.2 Å². The molecule has 0 spiro atoms. The highest BCUT2D eigenvalue weighted by atomic mass is 16.5. The molecule has 1 aromatic heterocycles. The predicted octanol–water partition coefficient (Wildman–Crippen LogP) is 5.61. The Morgan fingerprint density at radius 3 is 2.11 bits per heavy atom. The average Bonchev–Trinajstić information content (AvgIpc) is 3.30. The first-order valence-corrected chi connectivity index (χ1v) is 12.0. The average molecular weight is 501 g/mol. The third kappa shape index (κ3) is 4.42. The van der Waals surface area contributed by atoms with Gasteiger partial charge in [0.15, 0.2) is 11.5 Å². The maximum atomic E-state index is 13.8. The molecular formula is C30H32N2O5. The molecule has 0 fully saturated rings. The number of allylic oxidation sites excluding steroid dienone is 1. The van der Waals surface area contributed by atoms with Gasteiger partial charge in [-0.15, -0.1) is 0 Å². The van der Waals surface area contributed by atoms with E-state index in [9.17, 15) is 9.59 Å². The number of hydrogen-bond donors (Lipinski definition) is 0. The second kappa shape index (κ2) is 10.0. The van der Waals surface area contributed by atoms with Gasteiger partial charge in [-0.1, -0.05) is 6.07 Å². The van der Waals surface area contributed by atoms with Crippen LogP contribution in [0.25, 0.3) is 11.8 Å². The van der Waals surface area contributed by atoms with Crippen molar-refractivity contribution in [2.75, 3.05) is 26.2 Å². The van der Waals surface area contributed by atoms with Crippen LogP contribution in [0, 0.1) is 27.7 Å². The van der Waals surface area contributed by atoms with Gasteiger partial charge in [0.2, 0.25) is 0 Å². The molecule has 4 rings (SSSR count). The zero-order valence-corrected chi connectivity index (χ0v) is 22.6. The minimum atomic E-state index is -0.567. The highest BCUT2D eigenvalue weighted by Crippen LogP contribution is 2.39. The fraction of sp³-hybridized carbons (Fsp3) is 0.267. The SMILES string of the molecule is COC(=O)C1=C(C)N(c2ccc(OC)c(OC)c2)C(=O)/C1=C\c1cc(C)n(-c2ccc(C)c(C)c2)c1C. The van der Waals surface area contributed by atoms with Crippen molar-refractivity contribution in [1.29, 1.82) is 0 Å². The molecule has 1 amide bonds. The number of aromatic nitrogens is 1. The summed E-state index contributed by atoms with van der Waals surface area (Å²) in [6.45, 7) is 9.95. The van der Waals surface area contributed by atoms with E-state index in [2.05, 4.69) is 36.6 Å². The lowest BCUT2D eigenvalue weighted by molar-refractivity contribution is -0.136. The summed E-state index contributed by atoms with van der Waals surface area (Å²) in [7, 11) is 4.40. The number of carbonyl (C=O) groups excluding carboxylic acids is 2.